The number of nitro groups is 1. The first-order chi connectivity index (χ1) is 13.3. The van der Waals surface area contributed by atoms with Crippen LogP contribution in [-0.4, -0.2) is 33.8 Å². The number of nitrogens with one attached hydrogen (secondary N) is 1. The minimum atomic E-state index is -0.546. The van der Waals surface area contributed by atoms with Crippen LogP contribution in [0.2, 0.25) is 0 Å². The first-order valence-corrected chi connectivity index (χ1v) is 9.20. The van der Waals surface area contributed by atoms with E-state index in [-0.39, 0.29) is 18.3 Å². The van der Waals surface area contributed by atoms with Gasteiger partial charge in [0.1, 0.15) is 0 Å². The van der Waals surface area contributed by atoms with E-state index in [9.17, 15) is 14.9 Å². The average Bonchev–Trinajstić information content (AvgIpc) is 3.02. The van der Waals surface area contributed by atoms with Gasteiger partial charge in [0.15, 0.2) is 11.5 Å². The Bertz CT molecular complexity index is 834. The highest BCUT2D eigenvalue weighted by molar-refractivity contribution is 5.78. The number of aryl methyl sites for hydroxylation is 1. The molecule has 0 saturated carbocycles. The molecule has 0 bridgehead atoms. The zero-order chi connectivity index (χ0) is 20.7. The van der Waals surface area contributed by atoms with Gasteiger partial charge in [0.2, 0.25) is 5.91 Å². The van der Waals surface area contributed by atoms with E-state index < -0.39 is 10.8 Å². The van der Waals surface area contributed by atoms with Gasteiger partial charge in [-0.05, 0) is 43.4 Å². The van der Waals surface area contributed by atoms with Crippen molar-refractivity contribution in [2.45, 2.75) is 40.8 Å². The predicted molar refractivity (Wildman–Crippen MR) is 103 cm³/mol. The number of amides is 1. The van der Waals surface area contributed by atoms with Crippen molar-refractivity contribution in [1.29, 1.82) is 0 Å². The largest absolute Gasteiger partial charge is 0.490 e. The number of carbonyl (C=O) groups excluding carboxylic acids is 1. The van der Waals surface area contributed by atoms with Gasteiger partial charge in [0.25, 0.3) is 0 Å². The molecule has 0 spiro atoms. The molecule has 1 heterocycles. The number of ether oxygens (including phenoxy) is 2. The van der Waals surface area contributed by atoms with E-state index in [1.807, 2.05) is 32.0 Å². The molecule has 1 atom stereocenters. The van der Waals surface area contributed by atoms with E-state index in [2.05, 4.69) is 10.4 Å². The Kier molecular flexibility index (Phi) is 7.36. The number of rotatable bonds is 10. The lowest BCUT2D eigenvalue weighted by Crippen LogP contribution is -2.31. The van der Waals surface area contributed by atoms with Crippen molar-refractivity contribution in [3.8, 4) is 11.5 Å². The summed E-state index contributed by atoms with van der Waals surface area (Å²) in [6, 6.07) is 6.94. The fourth-order valence-electron chi connectivity index (χ4n) is 2.68. The molecule has 9 nitrogen and oxygen atoms in total. The average molecular weight is 390 g/mol. The third kappa shape index (κ3) is 5.45. The van der Waals surface area contributed by atoms with Gasteiger partial charge >= 0.3 is 5.82 Å². The number of aromatic nitrogens is 2. The minimum absolute atomic E-state index is 0.163. The third-order valence-corrected chi connectivity index (χ3v) is 4.12. The Balaban J connectivity index is 1.97. The van der Waals surface area contributed by atoms with Crippen LogP contribution in [0.3, 0.4) is 0 Å². The molecule has 0 saturated heterocycles. The second kappa shape index (κ2) is 9.72. The summed E-state index contributed by atoms with van der Waals surface area (Å²) in [5, 5.41) is 17.6. The van der Waals surface area contributed by atoms with Crippen molar-refractivity contribution in [2.75, 3.05) is 13.2 Å². The van der Waals surface area contributed by atoms with Gasteiger partial charge < -0.3 is 24.9 Å². The zero-order valence-corrected chi connectivity index (χ0v) is 16.6. The highest BCUT2D eigenvalue weighted by Gasteiger charge is 2.20. The molecule has 0 aliphatic rings. The molecule has 1 unspecified atom stereocenters. The van der Waals surface area contributed by atoms with E-state index in [1.54, 1.807) is 13.8 Å². The highest BCUT2D eigenvalue weighted by Crippen LogP contribution is 2.28. The van der Waals surface area contributed by atoms with E-state index in [0.717, 1.165) is 5.56 Å². The van der Waals surface area contributed by atoms with E-state index in [4.69, 9.17) is 9.47 Å². The van der Waals surface area contributed by atoms with E-state index >= 15 is 0 Å². The van der Waals surface area contributed by atoms with Gasteiger partial charge in [0, 0.05) is 6.54 Å². The normalized spacial score (nSPS) is 11.7. The van der Waals surface area contributed by atoms with Crippen molar-refractivity contribution in [1.82, 2.24) is 15.1 Å². The van der Waals surface area contributed by atoms with Crippen molar-refractivity contribution < 1.29 is 19.2 Å². The third-order valence-electron chi connectivity index (χ3n) is 4.12. The maximum absolute atomic E-state index is 12.4. The van der Waals surface area contributed by atoms with E-state index in [0.29, 0.717) is 37.0 Å². The first kappa shape index (κ1) is 21.2. The molecule has 28 heavy (non-hydrogen) atoms. The van der Waals surface area contributed by atoms with Crippen molar-refractivity contribution in [2.24, 2.45) is 5.92 Å². The van der Waals surface area contributed by atoms with Crippen LogP contribution in [0.15, 0.2) is 24.3 Å². The lowest BCUT2D eigenvalue weighted by atomic mass is 10.1. The fourth-order valence-corrected chi connectivity index (χ4v) is 2.68. The van der Waals surface area contributed by atoms with Gasteiger partial charge in [-0.15, -0.1) is 0 Å². The maximum atomic E-state index is 12.4. The fraction of sp³-hybridized carbons (Fsp3) is 0.474. The molecule has 9 heteroatoms. The maximum Gasteiger partial charge on any atom is 0.390 e. The molecule has 0 aliphatic carbocycles. The number of nitrogens with zero attached hydrogens (tertiary/aromatic N) is 3. The summed E-state index contributed by atoms with van der Waals surface area (Å²) >= 11 is 0. The smallest absolute Gasteiger partial charge is 0.390 e. The summed E-state index contributed by atoms with van der Waals surface area (Å²) < 4.78 is 12.6. The summed E-state index contributed by atoms with van der Waals surface area (Å²) in [6.07, 6.45) is 0. The first-order valence-electron chi connectivity index (χ1n) is 9.20. The van der Waals surface area contributed by atoms with Crippen LogP contribution in [-0.2, 0) is 17.9 Å². The molecule has 0 radical (unpaired) electrons. The molecular weight excluding hydrogens is 364 g/mol. The van der Waals surface area contributed by atoms with Crippen LogP contribution in [0.25, 0.3) is 0 Å². The molecule has 1 aromatic heterocycles. The van der Waals surface area contributed by atoms with Crippen LogP contribution in [0, 0.1) is 23.0 Å². The molecular formula is C19H26N4O5. The van der Waals surface area contributed by atoms with Crippen LogP contribution in [0.4, 0.5) is 5.82 Å². The summed E-state index contributed by atoms with van der Waals surface area (Å²) in [7, 11) is 0. The molecule has 0 aliphatic heterocycles. The van der Waals surface area contributed by atoms with Crippen LogP contribution in [0.1, 0.15) is 32.0 Å². The monoisotopic (exact) mass is 390 g/mol. The Morgan fingerprint density at radius 3 is 2.54 bits per heavy atom. The van der Waals surface area contributed by atoms with Crippen LogP contribution < -0.4 is 14.8 Å². The summed E-state index contributed by atoms with van der Waals surface area (Å²) in [4.78, 5) is 22.7. The molecule has 2 aromatic rings. The molecule has 152 valence electrons. The van der Waals surface area contributed by atoms with Gasteiger partial charge in [-0.2, -0.15) is 4.68 Å². The summed E-state index contributed by atoms with van der Waals surface area (Å²) in [5.74, 6) is 0.534. The number of carbonyl (C=O) groups is 1. The molecule has 1 amide bonds. The Morgan fingerprint density at radius 2 is 1.93 bits per heavy atom. The Hall–Kier alpha value is -3.10. The second-order valence-electron chi connectivity index (χ2n) is 6.35. The lowest BCUT2D eigenvalue weighted by Gasteiger charge is -2.14. The number of benzene rings is 1. The molecule has 1 N–H and O–H groups in total. The molecule has 1 aromatic carbocycles. The van der Waals surface area contributed by atoms with Gasteiger partial charge in [-0.3, -0.25) is 4.79 Å². The number of hydrogen-bond acceptors (Lipinski definition) is 6. The van der Waals surface area contributed by atoms with Crippen LogP contribution >= 0.6 is 0 Å². The zero-order valence-electron chi connectivity index (χ0n) is 16.6. The van der Waals surface area contributed by atoms with Crippen molar-refractivity contribution in [3.05, 3.63) is 45.6 Å². The van der Waals surface area contributed by atoms with Gasteiger partial charge in [-0.25, -0.2) is 0 Å². The minimum Gasteiger partial charge on any atom is -0.490 e. The lowest BCUT2D eigenvalue weighted by molar-refractivity contribution is -0.389. The standard InChI is InChI=1S/C19H26N4O5/c1-5-27-16-8-7-15(10-17(16)28-6-2)11-20-19(24)13(3)12-22-14(4)9-18(21-22)23(25)26/h7-10,13H,5-6,11-12H2,1-4H3,(H,20,24). The molecule has 0 fully saturated rings. The van der Waals surface area contributed by atoms with Crippen molar-refractivity contribution >= 4 is 11.7 Å². The highest BCUT2D eigenvalue weighted by atomic mass is 16.6. The van der Waals surface area contributed by atoms with Crippen molar-refractivity contribution in [3.63, 3.8) is 0 Å². The Labute approximate surface area is 163 Å². The number of hydrogen-bond donors (Lipinski definition) is 1. The van der Waals surface area contributed by atoms with Crippen LogP contribution in [0.5, 0.6) is 11.5 Å². The predicted octanol–water partition coefficient (Wildman–Crippen LogP) is 2.85. The molecule has 2 rings (SSSR count). The quantitative estimate of drug-likeness (QED) is 0.494. The second-order valence-corrected chi connectivity index (χ2v) is 6.35. The Morgan fingerprint density at radius 1 is 1.25 bits per heavy atom. The van der Waals surface area contributed by atoms with Gasteiger partial charge in [-0.1, -0.05) is 13.0 Å². The summed E-state index contributed by atoms with van der Waals surface area (Å²) in [5.41, 5.74) is 1.53. The summed E-state index contributed by atoms with van der Waals surface area (Å²) in [6.45, 7) is 8.94. The topological polar surface area (TPSA) is 109 Å². The van der Waals surface area contributed by atoms with E-state index in [1.165, 1.54) is 10.7 Å². The van der Waals surface area contributed by atoms with Gasteiger partial charge in [0.05, 0.1) is 42.5 Å². The SMILES string of the molecule is CCOc1ccc(CNC(=O)C(C)Cn2nc([N+](=O)[O-])cc2C)cc1OCC.